The highest BCUT2D eigenvalue weighted by Gasteiger charge is 2.27. The van der Waals surface area contributed by atoms with Gasteiger partial charge in [-0.25, -0.2) is 0 Å². The fourth-order valence-corrected chi connectivity index (χ4v) is 4.88. The minimum absolute atomic E-state index is 0.0268. The van der Waals surface area contributed by atoms with Crippen molar-refractivity contribution >= 4 is 11.3 Å². The molecule has 1 fully saturated rings. The third-order valence-corrected chi connectivity index (χ3v) is 6.79. The summed E-state index contributed by atoms with van der Waals surface area (Å²) in [4.78, 5) is 18.2. The van der Waals surface area contributed by atoms with Gasteiger partial charge in [-0.2, -0.15) is 18.4 Å². The molecule has 1 aliphatic rings. The first kappa shape index (κ1) is 22.3. The highest BCUT2D eigenvalue weighted by Crippen LogP contribution is 2.46. The van der Waals surface area contributed by atoms with Crippen LogP contribution in [0.15, 0.2) is 47.3 Å². The predicted molar refractivity (Wildman–Crippen MR) is 122 cm³/mol. The van der Waals surface area contributed by atoms with E-state index in [4.69, 9.17) is 4.74 Å². The molecule has 5 rings (SSSR count). The van der Waals surface area contributed by atoms with Gasteiger partial charge < -0.3 is 9.72 Å². The number of thiophene rings is 1. The van der Waals surface area contributed by atoms with Crippen molar-refractivity contribution in [1.29, 1.82) is 0 Å². The fraction of sp³-hybridized carbons (Fsp3) is 0.304. The molecule has 176 valence electrons. The molecule has 4 aromatic rings. The second kappa shape index (κ2) is 9.05. The van der Waals surface area contributed by atoms with E-state index in [1.165, 1.54) is 17.7 Å². The number of hydrogen-bond donors (Lipinski definition) is 2. The molecule has 3 aromatic heterocycles. The van der Waals surface area contributed by atoms with Crippen molar-refractivity contribution in [1.82, 2.24) is 25.6 Å². The molecule has 1 saturated carbocycles. The number of aromatic amines is 2. The van der Waals surface area contributed by atoms with Crippen molar-refractivity contribution in [2.24, 2.45) is 0 Å². The topological polar surface area (TPSA) is 96.5 Å². The van der Waals surface area contributed by atoms with Crippen LogP contribution in [0.1, 0.15) is 36.5 Å². The summed E-state index contributed by atoms with van der Waals surface area (Å²) in [5.41, 5.74) is 2.04. The van der Waals surface area contributed by atoms with E-state index in [1.54, 1.807) is 35.6 Å². The third kappa shape index (κ3) is 5.04. The van der Waals surface area contributed by atoms with Gasteiger partial charge in [0.05, 0.1) is 12.2 Å². The van der Waals surface area contributed by atoms with E-state index in [-0.39, 0.29) is 24.4 Å². The molecule has 34 heavy (non-hydrogen) atoms. The molecule has 0 atom stereocenters. The van der Waals surface area contributed by atoms with Crippen molar-refractivity contribution in [2.75, 3.05) is 6.61 Å². The maximum absolute atomic E-state index is 13.1. The van der Waals surface area contributed by atoms with Crippen LogP contribution in [-0.4, -0.2) is 38.4 Å². The van der Waals surface area contributed by atoms with Gasteiger partial charge in [0.1, 0.15) is 5.75 Å². The molecule has 1 aromatic carbocycles. The number of alkyl halides is 3. The summed E-state index contributed by atoms with van der Waals surface area (Å²) in [6.07, 6.45) is -2.81. The number of hydrogen-bond acceptors (Lipinski definition) is 6. The van der Waals surface area contributed by atoms with Gasteiger partial charge in [0, 0.05) is 27.4 Å². The molecule has 0 unspecified atom stereocenters. The maximum atomic E-state index is 13.1. The Morgan fingerprint density at radius 2 is 1.91 bits per heavy atom. The molecular weight excluding hydrogens is 467 g/mol. The number of pyridine rings is 1. The highest BCUT2D eigenvalue weighted by atomic mass is 32.1. The third-order valence-electron chi connectivity index (χ3n) is 5.51. The number of nitrogens with one attached hydrogen (secondary N) is 2. The van der Waals surface area contributed by atoms with Gasteiger partial charge in [-0.3, -0.25) is 4.79 Å². The van der Waals surface area contributed by atoms with Crippen molar-refractivity contribution < 1.29 is 17.9 Å². The number of nitrogens with zero attached hydrogens (tertiary/aromatic N) is 3. The second-order valence-corrected chi connectivity index (χ2v) is 9.22. The molecular formula is C23H20F3N5O2S. The number of ether oxygens (including phenoxy) is 1. The Morgan fingerprint density at radius 1 is 1.12 bits per heavy atom. The molecule has 0 amide bonds. The molecule has 0 aliphatic heterocycles. The normalized spacial score (nSPS) is 13.9. The van der Waals surface area contributed by atoms with Gasteiger partial charge in [-0.15, -0.1) is 21.5 Å². The van der Waals surface area contributed by atoms with Gasteiger partial charge in [-0.1, -0.05) is 0 Å². The minimum Gasteiger partial charge on any atom is -0.494 e. The highest BCUT2D eigenvalue weighted by molar-refractivity contribution is 7.15. The van der Waals surface area contributed by atoms with Crippen LogP contribution >= 0.6 is 11.3 Å². The molecule has 2 N–H and O–H groups in total. The van der Waals surface area contributed by atoms with Crippen molar-refractivity contribution in [2.45, 2.75) is 37.8 Å². The van der Waals surface area contributed by atoms with E-state index >= 15 is 0 Å². The first-order chi connectivity index (χ1) is 16.4. The zero-order chi connectivity index (χ0) is 23.7. The smallest absolute Gasteiger partial charge is 0.389 e. The lowest BCUT2D eigenvalue weighted by Gasteiger charge is -2.10. The standard InChI is InChI=1S/C23H20F3N5O2S/c24-23(25,26)10-1-11-33-15-6-4-13(5-7-15)17-12-16(19-9-8-18(34-19)14-2-3-14)20(22(32)27-17)21-28-30-31-29-21/h4-9,12,14H,1-3,10-11H2,(H,27,32)(H,28,29,30,31). The zero-order valence-corrected chi connectivity index (χ0v) is 18.7. The summed E-state index contributed by atoms with van der Waals surface area (Å²) >= 11 is 1.66. The Balaban J connectivity index is 1.43. The van der Waals surface area contributed by atoms with E-state index in [0.29, 0.717) is 28.5 Å². The Bertz CT molecular complexity index is 1330. The monoisotopic (exact) mass is 487 g/mol. The summed E-state index contributed by atoms with van der Waals surface area (Å²) in [5, 5.41) is 14.0. The van der Waals surface area contributed by atoms with E-state index in [0.717, 1.165) is 10.4 Å². The number of aromatic nitrogens is 5. The SMILES string of the molecule is O=c1[nH]c(-c2ccc(OCCCC(F)(F)F)cc2)cc(-c2ccc(C3CC3)s2)c1-c1nn[nH]n1. The van der Waals surface area contributed by atoms with Crippen LogP contribution in [0, 0.1) is 0 Å². The van der Waals surface area contributed by atoms with Gasteiger partial charge >= 0.3 is 6.18 Å². The first-order valence-electron chi connectivity index (χ1n) is 10.8. The number of tetrazole rings is 1. The molecule has 3 heterocycles. The van der Waals surface area contributed by atoms with Crippen molar-refractivity contribution in [3.63, 3.8) is 0 Å². The lowest BCUT2D eigenvalue weighted by Crippen LogP contribution is -2.12. The van der Waals surface area contributed by atoms with Crippen LogP contribution in [0.4, 0.5) is 13.2 Å². The number of rotatable bonds is 8. The molecule has 0 saturated heterocycles. The summed E-state index contributed by atoms with van der Waals surface area (Å²) < 4.78 is 42.2. The zero-order valence-electron chi connectivity index (χ0n) is 17.9. The van der Waals surface area contributed by atoms with Gasteiger partial charge in [0.15, 0.2) is 0 Å². The lowest BCUT2D eigenvalue weighted by atomic mass is 10.0. The Labute approximate surface area is 196 Å². The molecule has 0 spiro atoms. The molecule has 0 radical (unpaired) electrons. The van der Waals surface area contributed by atoms with Gasteiger partial charge in [0.2, 0.25) is 5.82 Å². The van der Waals surface area contributed by atoms with E-state index in [9.17, 15) is 18.0 Å². The van der Waals surface area contributed by atoms with Gasteiger partial charge in [-0.05, 0) is 78.4 Å². The Kier molecular flexibility index (Phi) is 5.94. The average molecular weight is 488 g/mol. The fourth-order valence-electron chi connectivity index (χ4n) is 3.68. The Hall–Kier alpha value is -3.47. The molecule has 1 aliphatic carbocycles. The van der Waals surface area contributed by atoms with E-state index in [2.05, 4.69) is 31.7 Å². The summed E-state index contributed by atoms with van der Waals surface area (Å²) in [6, 6.07) is 12.9. The average Bonchev–Trinajstić information content (AvgIpc) is 3.30. The second-order valence-electron chi connectivity index (χ2n) is 8.10. The Morgan fingerprint density at radius 3 is 2.59 bits per heavy atom. The predicted octanol–water partition coefficient (Wildman–Crippen LogP) is 5.55. The minimum atomic E-state index is -4.19. The van der Waals surface area contributed by atoms with E-state index < -0.39 is 12.6 Å². The van der Waals surface area contributed by atoms with Gasteiger partial charge in [0.25, 0.3) is 5.56 Å². The van der Waals surface area contributed by atoms with E-state index in [1.807, 2.05) is 12.1 Å². The van der Waals surface area contributed by atoms with Crippen LogP contribution in [0.25, 0.3) is 33.1 Å². The summed E-state index contributed by atoms with van der Waals surface area (Å²) in [6.45, 7) is -0.0268. The van der Waals surface area contributed by atoms with Crippen LogP contribution < -0.4 is 10.3 Å². The number of H-pyrrole nitrogens is 2. The van der Waals surface area contributed by atoms with Crippen molar-refractivity contribution in [3.05, 3.63) is 57.7 Å². The molecule has 11 heteroatoms. The van der Waals surface area contributed by atoms with Crippen LogP contribution in [0.3, 0.4) is 0 Å². The molecule has 0 bridgehead atoms. The summed E-state index contributed by atoms with van der Waals surface area (Å²) in [5.74, 6) is 1.27. The number of benzene rings is 1. The van der Waals surface area contributed by atoms with Crippen LogP contribution in [-0.2, 0) is 0 Å². The largest absolute Gasteiger partial charge is 0.494 e. The van der Waals surface area contributed by atoms with Crippen LogP contribution in [0.5, 0.6) is 5.75 Å². The quantitative estimate of drug-likeness (QED) is 0.318. The summed E-state index contributed by atoms with van der Waals surface area (Å²) in [7, 11) is 0. The first-order valence-corrected chi connectivity index (χ1v) is 11.6. The van der Waals surface area contributed by atoms with Crippen LogP contribution in [0.2, 0.25) is 0 Å². The number of halogens is 3. The lowest BCUT2D eigenvalue weighted by molar-refractivity contribution is -0.136. The maximum Gasteiger partial charge on any atom is 0.389 e. The van der Waals surface area contributed by atoms with Crippen molar-refractivity contribution in [3.8, 4) is 38.8 Å². The molecule has 7 nitrogen and oxygen atoms in total.